The molecule has 1 unspecified atom stereocenters. The average molecular weight is 408 g/mol. The Bertz CT molecular complexity index is 272. The third-order valence-corrected chi connectivity index (χ3v) is 3.39. The second-order valence-electron chi connectivity index (χ2n) is 6.25. The molecule has 0 aromatic carbocycles. The molecule has 2 atom stereocenters. The zero-order valence-corrected chi connectivity index (χ0v) is 18.8. The van der Waals surface area contributed by atoms with E-state index in [1.807, 2.05) is 41.5 Å². The highest BCUT2D eigenvalue weighted by Gasteiger charge is 2.20. The number of ether oxygens (including phenoxy) is 2. The van der Waals surface area contributed by atoms with Gasteiger partial charge in [0, 0.05) is 34.7 Å². The highest BCUT2D eigenvalue weighted by Crippen LogP contribution is 2.22. The summed E-state index contributed by atoms with van der Waals surface area (Å²) >= 11 is 1.33. The minimum Gasteiger partial charge on any atom is -0.412 e. The average Bonchev–Trinajstić information content (AvgIpc) is 2.44. The SMILES string of the molecule is CC(C)(C)C(=O)SCCOP.CC(C)OCOC[C@H](C)N.CCO.O.[HH]. The van der Waals surface area contributed by atoms with E-state index in [0.717, 1.165) is 5.75 Å². The molecule has 25 heavy (non-hydrogen) atoms. The fourth-order valence-corrected chi connectivity index (χ4v) is 1.90. The van der Waals surface area contributed by atoms with Crippen LogP contribution < -0.4 is 5.73 Å². The van der Waals surface area contributed by atoms with Crippen LogP contribution in [0.3, 0.4) is 0 Å². The van der Waals surface area contributed by atoms with Crippen molar-refractivity contribution in [1.29, 1.82) is 0 Å². The van der Waals surface area contributed by atoms with Gasteiger partial charge < -0.3 is 30.3 Å². The largest absolute Gasteiger partial charge is 0.412 e. The summed E-state index contributed by atoms with van der Waals surface area (Å²) in [6, 6.07) is 0.0933. The Hall–Kier alpha value is 0.210. The van der Waals surface area contributed by atoms with Gasteiger partial charge in [0.15, 0.2) is 5.12 Å². The van der Waals surface area contributed by atoms with E-state index in [9.17, 15) is 4.79 Å². The lowest BCUT2D eigenvalue weighted by molar-refractivity contribution is -0.117. The summed E-state index contributed by atoms with van der Waals surface area (Å²) in [6.45, 7) is 15.0. The van der Waals surface area contributed by atoms with Crippen LogP contribution in [0, 0.1) is 5.41 Å². The lowest BCUT2D eigenvalue weighted by Gasteiger charge is -2.14. The number of thioether (sulfide) groups is 1. The molecule has 0 radical (unpaired) electrons. The van der Waals surface area contributed by atoms with E-state index >= 15 is 0 Å². The topological polar surface area (TPSA) is 123 Å². The standard InChI is InChI=1S/C7H17NO2.C7H15O2PS.C2H6O.H2O.H2/c1-6(2)10-5-9-4-7(3)8;1-7(2,3)6(8)11-5-4-9-10;1-2-3;;/h6-7H,4-5,8H2,1-3H3;4-5,10H2,1-3H3;3H,2H2,1H3;1H2;1H/t7-;;;;/m0..../s1. The van der Waals surface area contributed by atoms with Gasteiger partial charge in [0.2, 0.25) is 0 Å². The summed E-state index contributed by atoms with van der Waals surface area (Å²) in [4.78, 5) is 11.2. The van der Waals surface area contributed by atoms with Gasteiger partial charge in [-0.1, -0.05) is 32.5 Å². The summed E-state index contributed by atoms with van der Waals surface area (Å²) < 4.78 is 14.9. The summed E-state index contributed by atoms with van der Waals surface area (Å²) in [6.07, 6.45) is 0.230. The smallest absolute Gasteiger partial charge is 0.194 e. The van der Waals surface area contributed by atoms with E-state index in [1.165, 1.54) is 11.8 Å². The van der Waals surface area contributed by atoms with Crippen molar-refractivity contribution in [2.24, 2.45) is 11.1 Å². The monoisotopic (exact) mass is 407 g/mol. The van der Waals surface area contributed by atoms with Crippen molar-refractivity contribution in [2.45, 2.75) is 60.6 Å². The fraction of sp³-hybridized carbons (Fsp3) is 0.938. The number of rotatable bonds is 8. The Morgan fingerprint density at radius 3 is 2.12 bits per heavy atom. The van der Waals surface area contributed by atoms with Crippen LogP contribution in [0.15, 0.2) is 0 Å². The molecule has 0 aliphatic rings. The molecule has 0 amide bonds. The predicted octanol–water partition coefficient (Wildman–Crippen LogP) is 2.25. The minimum absolute atomic E-state index is 0. The molecule has 0 rings (SSSR count). The van der Waals surface area contributed by atoms with Crippen molar-refractivity contribution >= 4 is 26.3 Å². The third kappa shape index (κ3) is 36.0. The van der Waals surface area contributed by atoms with E-state index in [2.05, 4.69) is 9.47 Å². The molecule has 0 saturated heterocycles. The van der Waals surface area contributed by atoms with Gasteiger partial charge in [-0.05, 0) is 27.7 Å². The van der Waals surface area contributed by atoms with Gasteiger partial charge >= 0.3 is 0 Å². The van der Waals surface area contributed by atoms with Gasteiger partial charge in [-0.2, -0.15) is 0 Å². The molecule has 0 saturated carbocycles. The van der Waals surface area contributed by atoms with Crippen molar-refractivity contribution in [3.63, 3.8) is 0 Å². The molecular formula is C16H42NO6PS. The molecule has 0 bridgehead atoms. The second kappa shape index (κ2) is 22.3. The Labute approximate surface area is 161 Å². The molecule has 0 fully saturated rings. The Morgan fingerprint density at radius 1 is 1.32 bits per heavy atom. The number of carbonyl (C=O) groups excluding carboxylic acids is 1. The van der Waals surface area contributed by atoms with Crippen LogP contribution in [0.2, 0.25) is 0 Å². The van der Waals surface area contributed by atoms with Crippen molar-refractivity contribution in [3.05, 3.63) is 0 Å². The van der Waals surface area contributed by atoms with Crippen LogP contribution in [0.1, 0.15) is 49.9 Å². The van der Waals surface area contributed by atoms with E-state index < -0.39 is 0 Å². The predicted molar refractivity (Wildman–Crippen MR) is 112 cm³/mol. The van der Waals surface area contributed by atoms with E-state index in [0.29, 0.717) is 20.0 Å². The molecule has 7 nitrogen and oxygen atoms in total. The van der Waals surface area contributed by atoms with Crippen LogP contribution in [0.5, 0.6) is 0 Å². The summed E-state index contributed by atoms with van der Waals surface area (Å²) in [5.41, 5.74) is 5.20. The normalized spacial score (nSPS) is 11.5. The van der Waals surface area contributed by atoms with Gasteiger partial charge in [0.25, 0.3) is 0 Å². The molecule has 0 spiro atoms. The first kappa shape index (κ1) is 32.8. The first-order valence-electron chi connectivity index (χ1n) is 8.07. The van der Waals surface area contributed by atoms with Gasteiger partial charge in [-0.3, -0.25) is 4.79 Å². The summed E-state index contributed by atoms with van der Waals surface area (Å²) in [5.74, 6) is 0.736. The first-order chi connectivity index (χ1) is 11.0. The fourth-order valence-electron chi connectivity index (χ4n) is 0.817. The van der Waals surface area contributed by atoms with Crippen LogP contribution in [-0.2, 0) is 18.8 Å². The number of aliphatic hydroxyl groups excluding tert-OH is 1. The van der Waals surface area contributed by atoms with E-state index in [4.69, 9.17) is 24.8 Å². The van der Waals surface area contributed by atoms with Crippen molar-refractivity contribution < 1.29 is 30.8 Å². The van der Waals surface area contributed by atoms with Crippen LogP contribution in [-0.4, -0.2) is 60.2 Å². The van der Waals surface area contributed by atoms with E-state index in [1.54, 1.807) is 6.92 Å². The minimum atomic E-state index is -0.231. The first-order valence-corrected chi connectivity index (χ1v) is 9.53. The number of aliphatic hydroxyl groups is 1. The van der Waals surface area contributed by atoms with Crippen LogP contribution in [0.4, 0.5) is 0 Å². The quantitative estimate of drug-likeness (QED) is 0.359. The number of carbonyl (C=O) groups is 1. The van der Waals surface area contributed by atoms with Gasteiger partial charge in [-0.25, -0.2) is 0 Å². The zero-order chi connectivity index (χ0) is 19.6. The maximum atomic E-state index is 11.2. The summed E-state index contributed by atoms with van der Waals surface area (Å²) in [5, 5.41) is 7.79. The lowest BCUT2D eigenvalue weighted by atomic mass is 10.00. The molecule has 9 heteroatoms. The Morgan fingerprint density at radius 2 is 1.80 bits per heavy atom. The van der Waals surface area contributed by atoms with Gasteiger partial charge in [0.1, 0.15) is 6.79 Å². The maximum absolute atomic E-state index is 11.2. The highest BCUT2D eigenvalue weighted by atomic mass is 32.2. The molecule has 158 valence electrons. The Balaban J connectivity index is -0.0000000921. The number of hydrogen-bond acceptors (Lipinski definition) is 7. The van der Waals surface area contributed by atoms with Crippen LogP contribution >= 0.6 is 21.2 Å². The molecule has 0 aliphatic heterocycles. The third-order valence-electron chi connectivity index (χ3n) is 1.91. The van der Waals surface area contributed by atoms with Crippen molar-refractivity contribution in [3.8, 4) is 0 Å². The Kier molecular flexibility index (Phi) is 29.2. The van der Waals surface area contributed by atoms with Crippen molar-refractivity contribution in [1.82, 2.24) is 0 Å². The molecule has 5 N–H and O–H groups in total. The van der Waals surface area contributed by atoms with Crippen molar-refractivity contribution in [2.75, 3.05) is 32.4 Å². The molecule has 0 aromatic heterocycles. The molecule has 0 aromatic rings. The number of nitrogens with two attached hydrogens (primary N) is 1. The van der Waals surface area contributed by atoms with Gasteiger partial charge in [0.05, 0.1) is 19.3 Å². The summed E-state index contributed by atoms with van der Waals surface area (Å²) in [7, 11) is 2.17. The van der Waals surface area contributed by atoms with Crippen LogP contribution in [0.25, 0.3) is 0 Å². The molecule has 0 heterocycles. The molecule has 0 aliphatic carbocycles. The zero-order valence-electron chi connectivity index (χ0n) is 16.8. The number of hydrogen-bond donors (Lipinski definition) is 2. The lowest BCUT2D eigenvalue weighted by Crippen LogP contribution is -2.23. The second-order valence-corrected chi connectivity index (χ2v) is 7.66. The molecular weight excluding hydrogens is 365 g/mol. The highest BCUT2D eigenvalue weighted by molar-refractivity contribution is 8.13. The van der Waals surface area contributed by atoms with E-state index in [-0.39, 0.29) is 36.2 Å². The van der Waals surface area contributed by atoms with Gasteiger partial charge in [-0.15, -0.1) is 0 Å². The maximum Gasteiger partial charge on any atom is 0.194 e.